The number of nitro benzene ring substituents is 2. The number of rotatable bonds is 6. The molecule has 0 aliphatic carbocycles. The number of nitrogens with one attached hydrogen (secondary N) is 1. The van der Waals surface area contributed by atoms with E-state index in [-0.39, 0.29) is 34.6 Å². The van der Waals surface area contributed by atoms with Gasteiger partial charge in [0.05, 0.1) is 21.2 Å². The second kappa shape index (κ2) is 8.63. The van der Waals surface area contributed by atoms with Crippen LogP contribution in [0, 0.1) is 27.2 Å². The molecule has 1 aliphatic rings. The van der Waals surface area contributed by atoms with Crippen LogP contribution in [0.25, 0.3) is 11.3 Å². The molecule has 0 saturated heterocycles. The number of fused-ring (bicyclic) bond motifs is 1. The third-order valence-corrected chi connectivity index (χ3v) is 5.61. The summed E-state index contributed by atoms with van der Waals surface area (Å²) < 4.78 is 5.28. The first-order chi connectivity index (χ1) is 15.7. The Morgan fingerprint density at radius 1 is 1.21 bits per heavy atom. The number of nitrogens with zero attached hydrogens (tertiary/aromatic N) is 4. The zero-order valence-electron chi connectivity index (χ0n) is 17.0. The Hall–Kier alpha value is -4.39. The van der Waals surface area contributed by atoms with E-state index in [9.17, 15) is 29.8 Å². The lowest BCUT2D eigenvalue weighted by Gasteiger charge is -2.28. The Kier molecular flexibility index (Phi) is 5.70. The van der Waals surface area contributed by atoms with E-state index in [0.717, 1.165) is 16.2 Å². The molecular formula is C20H15N5O7S. The van der Waals surface area contributed by atoms with Gasteiger partial charge in [0, 0.05) is 34.7 Å². The molecule has 0 saturated carbocycles. The number of aryl methyl sites for hydroxylation is 1. The number of anilines is 2. The van der Waals surface area contributed by atoms with E-state index in [0.29, 0.717) is 16.8 Å². The minimum absolute atomic E-state index is 0.0373. The predicted octanol–water partition coefficient (Wildman–Crippen LogP) is 3.30. The monoisotopic (exact) mass is 469 g/mol. The second-order valence-corrected chi connectivity index (χ2v) is 7.88. The molecule has 0 radical (unpaired) electrons. The summed E-state index contributed by atoms with van der Waals surface area (Å²) in [7, 11) is 0. The van der Waals surface area contributed by atoms with Gasteiger partial charge in [-0.2, -0.15) is 0 Å². The summed E-state index contributed by atoms with van der Waals surface area (Å²) in [4.78, 5) is 51.5. The van der Waals surface area contributed by atoms with Crippen molar-refractivity contribution in [2.24, 2.45) is 0 Å². The average Bonchev–Trinajstić information content (AvgIpc) is 3.23. The molecule has 0 atom stereocenters. The number of aromatic nitrogens is 1. The van der Waals surface area contributed by atoms with Gasteiger partial charge in [-0.15, -0.1) is 11.3 Å². The Balaban J connectivity index is 1.51. The first-order valence-corrected chi connectivity index (χ1v) is 10.3. The van der Waals surface area contributed by atoms with Gasteiger partial charge in [0.2, 0.25) is 5.91 Å². The minimum atomic E-state index is -0.607. The lowest BCUT2D eigenvalue weighted by Crippen LogP contribution is -2.43. The Bertz CT molecular complexity index is 1310. The maximum absolute atomic E-state index is 12.6. The van der Waals surface area contributed by atoms with Crippen LogP contribution in [0.5, 0.6) is 5.75 Å². The van der Waals surface area contributed by atoms with Crippen molar-refractivity contribution < 1.29 is 24.2 Å². The molecule has 0 unspecified atom stereocenters. The van der Waals surface area contributed by atoms with Crippen LogP contribution in [-0.4, -0.2) is 39.8 Å². The fourth-order valence-corrected chi connectivity index (χ4v) is 3.94. The molecule has 33 heavy (non-hydrogen) atoms. The van der Waals surface area contributed by atoms with Crippen molar-refractivity contribution in [3.8, 4) is 17.0 Å². The number of carbonyl (C=O) groups is 2. The maximum Gasteiger partial charge on any atom is 0.272 e. The predicted molar refractivity (Wildman–Crippen MR) is 119 cm³/mol. The van der Waals surface area contributed by atoms with Crippen LogP contribution in [0.1, 0.15) is 5.56 Å². The van der Waals surface area contributed by atoms with E-state index >= 15 is 0 Å². The second-order valence-electron chi connectivity index (χ2n) is 7.02. The van der Waals surface area contributed by atoms with Gasteiger partial charge in [0.25, 0.3) is 17.3 Å². The smallest absolute Gasteiger partial charge is 0.272 e. The zero-order chi connectivity index (χ0) is 23.7. The third kappa shape index (κ3) is 4.48. The molecule has 4 rings (SSSR count). The number of amides is 2. The summed E-state index contributed by atoms with van der Waals surface area (Å²) in [5, 5.41) is 26.7. The van der Waals surface area contributed by atoms with Crippen LogP contribution in [0.2, 0.25) is 0 Å². The van der Waals surface area contributed by atoms with Crippen molar-refractivity contribution in [1.29, 1.82) is 0 Å². The van der Waals surface area contributed by atoms with Gasteiger partial charge in [0.15, 0.2) is 11.7 Å². The van der Waals surface area contributed by atoms with Crippen LogP contribution >= 0.6 is 11.3 Å². The minimum Gasteiger partial charge on any atom is -0.482 e. The molecular weight excluding hydrogens is 454 g/mol. The van der Waals surface area contributed by atoms with Gasteiger partial charge >= 0.3 is 0 Å². The molecule has 0 bridgehead atoms. The largest absolute Gasteiger partial charge is 0.482 e. The Morgan fingerprint density at radius 2 is 2.00 bits per heavy atom. The molecule has 0 fully saturated rings. The number of carbonyl (C=O) groups excluding carboxylic acids is 2. The molecule has 2 amide bonds. The molecule has 1 aromatic heterocycles. The van der Waals surface area contributed by atoms with Gasteiger partial charge < -0.3 is 10.1 Å². The Labute approximate surface area is 189 Å². The van der Waals surface area contributed by atoms with E-state index in [1.807, 2.05) is 0 Å². The van der Waals surface area contributed by atoms with Gasteiger partial charge in [-0.1, -0.05) is 12.1 Å². The summed E-state index contributed by atoms with van der Waals surface area (Å²) in [6, 6.07) is 8.51. The standard InChI is InChI=1S/C20H15N5O7S/c1-11-2-3-12(6-15(11)25(30)31)14-10-33-20(21-14)22-18(26)8-23-16-7-13(24(28)29)4-5-17(16)32-9-19(23)27/h2-7,10H,8-9H2,1H3,(H,21,22,26). The summed E-state index contributed by atoms with van der Waals surface area (Å²) >= 11 is 1.12. The van der Waals surface area contributed by atoms with Crippen molar-refractivity contribution in [2.45, 2.75) is 6.92 Å². The summed E-state index contributed by atoms with van der Waals surface area (Å²) in [6.45, 7) is 0.932. The summed E-state index contributed by atoms with van der Waals surface area (Å²) in [5.41, 5.74) is 1.33. The molecule has 2 aromatic carbocycles. The van der Waals surface area contributed by atoms with Crippen molar-refractivity contribution >= 4 is 45.3 Å². The number of hydrogen-bond acceptors (Lipinski definition) is 9. The van der Waals surface area contributed by atoms with Crippen molar-refractivity contribution in [3.63, 3.8) is 0 Å². The number of nitro groups is 2. The van der Waals surface area contributed by atoms with Crippen LogP contribution in [-0.2, 0) is 9.59 Å². The van der Waals surface area contributed by atoms with Crippen molar-refractivity contribution in [1.82, 2.24) is 4.98 Å². The average molecular weight is 469 g/mol. The first kappa shape index (κ1) is 21.8. The van der Waals surface area contributed by atoms with E-state index < -0.39 is 28.2 Å². The van der Waals surface area contributed by atoms with Gasteiger partial charge in [0.1, 0.15) is 12.3 Å². The normalized spacial score (nSPS) is 12.6. The van der Waals surface area contributed by atoms with Crippen molar-refractivity contribution in [2.75, 3.05) is 23.4 Å². The number of hydrogen-bond donors (Lipinski definition) is 1. The summed E-state index contributed by atoms with van der Waals surface area (Å²) in [5.74, 6) is -0.839. The van der Waals surface area contributed by atoms with Crippen molar-refractivity contribution in [3.05, 3.63) is 67.6 Å². The van der Waals surface area contributed by atoms with Crippen LogP contribution in [0.3, 0.4) is 0 Å². The molecule has 2 heterocycles. The van der Waals surface area contributed by atoms with Crippen LogP contribution in [0.15, 0.2) is 41.8 Å². The SMILES string of the molecule is Cc1ccc(-c2csc(NC(=O)CN3C(=O)COc4ccc([N+](=O)[O-])cc43)n2)cc1[N+](=O)[O-]. The number of benzene rings is 2. The molecule has 168 valence electrons. The van der Waals surface area contributed by atoms with E-state index in [4.69, 9.17) is 4.74 Å². The molecule has 13 heteroatoms. The molecule has 12 nitrogen and oxygen atoms in total. The van der Waals surface area contributed by atoms with Gasteiger partial charge in [-0.3, -0.25) is 34.7 Å². The van der Waals surface area contributed by atoms with E-state index in [1.165, 1.54) is 24.3 Å². The quantitative estimate of drug-likeness (QED) is 0.425. The highest BCUT2D eigenvalue weighted by atomic mass is 32.1. The highest BCUT2D eigenvalue weighted by Gasteiger charge is 2.29. The number of ether oxygens (including phenoxy) is 1. The number of thiazole rings is 1. The zero-order valence-corrected chi connectivity index (χ0v) is 17.8. The van der Waals surface area contributed by atoms with Gasteiger partial charge in [-0.25, -0.2) is 4.98 Å². The fraction of sp³-hybridized carbons (Fsp3) is 0.150. The lowest BCUT2D eigenvalue weighted by atomic mass is 10.1. The fourth-order valence-electron chi connectivity index (χ4n) is 3.21. The third-order valence-electron chi connectivity index (χ3n) is 4.85. The highest BCUT2D eigenvalue weighted by Crippen LogP contribution is 2.35. The topological polar surface area (TPSA) is 158 Å². The molecule has 0 spiro atoms. The first-order valence-electron chi connectivity index (χ1n) is 9.45. The molecule has 1 N–H and O–H groups in total. The highest BCUT2D eigenvalue weighted by molar-refractivity contribution is 7.14. The number of non-ortho nitro benzene ring substituents is 1. The van der Waals surface area contributed by atoms with Crippen LogP contribution in [0.4, 0.5) is 22.2 Å². The lowest BCUT2D eigenvalue weighted by molar-refractivity contribution is -0.385. The summed E-state index contributed by atoms with van der Waals surface area (Å²) in [6.07, 6.45) is 0. The molecule has 3 aromatic rings. The van der Waals surface area contributed by atoms with Gasteiger partial charge in [-0.05, 0) is 13.0 Å². The molecule has 1 aliphatic heterocycles. The Morgan fingerprint density at radius 3 is 2.73 bits per heavy atom. The van der Waals surface area contributed by atoms with Crippen LogP contribution < -0.4 is 15.0 Å². The maximum atomic E-state index is 12.6. The van der Waals surface area contributed by atoms with E-state index in [1.54, 1.807) is 24.4 Å². The van der Waals surface area contributed by atoms with E-state index in [2.05, 4.69) is 10.3 Å².